The van der Waals surface area contributed by atoms with Crippen LogP contribution in [0.4, 0.5) is 23.4 Å². The average Bonchev–Trinajstić information content (AvgIpc) is 2.37. The predicted molar refractivity (Wildman–Crippen MR) is 57.9 cm³/mol. The van der Waals surface area contributed by atoms with E-state index >= 15 is 0 Å². The third kappa shape index (κ3) is 3.63. The summed E-state index contributed by atoms with van der Waals surface area (Å²) in [4.78, 5) is 6.59. The van der Waals surface area contributed by atoms with Gasteiger partial charge in [0.25, 0.3) is 6.43 Å². The van der Waals surface area contributed by atoms with E-state index < -0.39 is 52.5 Å². The number of anilines is 1. The third-order valence-corrected chi connectivity index (χ3v) is 2.44. The van der Waals surface area contributed by atoms with Crippen molar-refractivity contribution in [3.05, 3.63) is 29.3 Å². The van der Waals surface area contributed by atoms with Gasteiger partial charge in [-0.05, 0) is 12.1 Å². The third-order valence-electron chi connectivity index (χ3n) is 2.44. The number of halogens is 4. The molecule has 10 heteroatoms. The Morgan fingerprint density at radius 2 is 1.76 bits per heavy atom. The summed E-state index contributed by atoms with van der Waals surface area (Å²) in [6.45, 7) is 0. The molecule has 2 rings (SSSR count). The van der Waals surface area contributed by atoms with Crippen LogP contribution in [0, 0.1) is 11.6 Å². The number of aromatic hydroxyl groups is 1. The summed E-state index contributed by atoms with van der Waals surface area (Å²) in [5, 5.41) is 20.3. The number of alkyl halides is 2. The van der Waals surface area contributed by atoms with Crippen molar-refractivity contribution >= 4 is 5.82 Å². The molecule has 0 bridgehead atoms. The summed E-state index contributed by atoms with van der Waals surface area (Å²) >= 11 is 0. The average molecular weight is 327 g/mol. The smallest absolute Gasteiger partial charge is 0.856 e. The normalized spacial score (nSPS) is 10.5. The van der Waals surface area contributed by atoms with Crippen LogP contribution < -0.4 is 62.2 Å². The van der Waals surface area contributed by atoms with E-state index in [1.54, 1.807) is 0 Å². The summed E-state index contributed by atoms with van der Waals surface area (Å²) in [5.41, 5.74) is 3.45. The van der Waals surface area contributed by atoms with Gasteiger partial charge >= 0.3 is 51.4 Å². The zero-order valence-electron chi connectivity index (χ0n) is 10.6. The first kappa shape index (κ1) is 18.1. The summed E-state index contributed by atoms with van der Waals surface area (Å²) in [7, 11) is 0. The van der Waals surface area contributed by atoms with Crippen molar-refractivity contribution in [3.8, 4) is 23.0 Å². The Morgan fingerprint density at radius 1 is 1.14 bits per heavy atom. The second-order valence-electron chi connectivity index (χ2n) is 3.74. The van der Waals surface area contributed by atoms with E-state index in [4.69, 9.17) is 10.8 Å². The number of rotatable bonds is 2. The van der Waals surface area contributed by atoms with E-state index in [2.05, 4.69) is 9.97 Å². The molecule has 0 saturated heterocycles. The molecule has 0 atom stereocenters. The van der Waals surface area contributed by atoms with Crippen molar-refractivity contribution < 1.29 is 79.2 Å². The first-order valence-corrected chi connectivity index (χ1v) is 5.12. The van der Waals surface area contributed by atoms with Gasteiger partial charge in [-0.15, -0.1) is 0 Å². The Kier molecular flexibility index (Phi) is 5.93. The van der Waals surface area contributed by atoms with Gasteiger partial charge in [-0.25, -0.2) is 27.5 Å². The van der Waals surface area contributed by atoms with E-state index in [9.17, 15) is 22.7 Å². The molecule has 0 saturated carbocycles. The fourth-order valence-electron chi connectivity index (χ4n) is 1.47. The Balaban J connectivity index is 0.00000220. The van der Waals surface area contributed by atoms with Gasteiger partial charge in [-0.3, -0.25) is 0 Å². The van der Waals surface area contributed by atoms with E-state index in [1.807, 2.05) is 0 Å². The van der Waals surface area contributed by atoms with Crippen LogP contribution in [0.25, 0.3) is 11.4 Å². The van der Waals surface area contributed by atoms with E-state index in [0.29, 0.717) is 6.07 Å². The molecule has 5 nitrogen and oxygen atoms in total. The standard InChI is InChI=1S/C11H7F4N3O2.K/c12-5-2-4(6(13)1-3(5)8(14)15)10-17-9(16)7(19)11(20)18-10;/h1-2,8,19H,(H3,16,17,18,20);/q;+1/p-1. The van der Waals surface area contributed by atoms with Gasteiger partial charge in [0.1, 0.15) is 11.6 Å². The fourth-order valence-corrected chi connectivity index (χ4v) is 1.47. The molecule has 1 aromatic heterocycles. The minimum absolute atomic E-state index is 0. The van der Waals surface area contributed by atoms with Gasteiger partial charge in [-0.2, -0.15) is 0 Å². The molecule has 0 aliphatic carbocycles. The molecule has 0 radical (unpaired) electrons. The molecule has 0 fully saturated rings. The second kappa shape index (κ2) is 6.88. The first-order chi connectivity index (χ1) is 9.31. The van der Waals surface area contributed by atoms with Crippen LogP contribution in [0.3, 0.4) is 0 Å². The van der Waals surface area contributed by atoms with Crippen LogP contribution in [0.1, 0.15) is 12.0 Å². The predicted octanol–water partition coefficient (Wildman–Crippen LogP) is -1.28. The minimum Gasteiger partial charge on any atom is -0.856 e. The van der Waals surface area contributed by atoms with Crippen LogP contribution in [-0.4, -0.2) is 15.1 Å². The van der Waals surface area contributed by atoms with Crippen LogP contribution in [0.2, 0.25) is 0 Å². The summed E-state index contributed by atoms with van der Waals surface area (Å²) in [6, 6.07) is 0.717. The molecule has 0 unspecified atom stereocenters. The van der Waals surface area contributed by atoms with Crippen LogP contribution in [-0.2, 0) is 0 Å². The maximum absolute atomic E-state index is 13.7. The fraction of sp³-hybridized carbons (Fsp3) is 0.0909. The number of benzene rings is 1. The number of hydrogen-bond acceptors (Lipinski definition) is 5. The summed E-state index contributed by atoms with van der Waals surface area (Å²) < 4.78 is 51.8. The zero-order chi connectivity index (χ0) is 15.0. The van der Waals surface area contributed by atoms with E-state index in [0.717, 1.165) is 0 Å². The van der Waals surface area contributed by atoms with Crippen LogP contribution in [0.5, 0.6) is 11.6 Å². The van der Waals surface area contributed by atoms with E-state index in [1.165, 1.54) is 0 Å². The van der Waals surface area contributed by atoms with Crippen LogP contribution >= 0.6 is 0 Å². The minimum atomic E-state index is -3.19. The molecule has 1 aromatic carbocycles. The zero-order valence-corrected chi connectivity index (χ0v) is 13.7. The van der Waals surface area contributed by atoms with Crippen molar-refractivity contribution in [2.75, 3.05) is 5.73 Å². The molecular formula is C11H6F4KN3O2. The Labute approximate surface area is 158 Å². The molecule has 0 spiro atoms. The molecule has 2 aromatic rings. The Morgan fingerprint density at radius 3 is 2.29 bits per heavy atom. The summed E-state index contributed by atoms with van der Waals surface area (Å²) in [5.74, 6) is -5.98. The number of nitrogens with two attached hydrogens (primary N) is 1. The van der Waals surface area contributed by atoms with Crippen molar-refractivity contribution in [1.82, 2.24) is 9.97 Å². The van der Waals surface area contributed by atoms with Crippen molar-refractivity contribution in [3.63, 3.8) is 0 Å². The quantitative estimate of drug-likeness (QED) is 0.529. The topological polar surface area (TPSA) is 95.1 Å². The van der Waals surface area contributed by atoms with Crippen molar-refractivity contribution in [2.24, 2.45) is 0 Å². The van der Waals surface area contributed by atoms with E-state index in [-0.39, 0.29) is 57.5 Å². The van der Waals surface area contributed by atoms with Gasteiger partial charge in [0.15, 0.2) is 17.4 Å². The van der Waals surface area contributed by atoms with Gasteiger partial charge in [0, 0.05) is 5.88 Å². The van der Waals surface area contributed by atoms with Gasteiger partial charge in [-0.1, -0.05) is 0 Å². The molecule has 21 heavy (non-hydrogen) atoms. The molecule has 106 valence electrons. The molecular weight excluding hydrogens is 321 g/mol. The molecule has 0 amide bonds. The van der Waals surface area contributed by atoms with Crippen molar-refractivity contribution in [1.29, 1.82) is 0 Å². The first-order valence-electron chi connectivity index (χ1n) is 5.12. The number of nitrogen functional groups attached to an aromatic ring is 1. The van der Waals surface area contributed by atoms with Gasteiger partial charge in [0.05, 0.1) is 11.1 Å². The number of aromatic nitrogens is 2. The Bertz CT molecular complexity index is 662. The SMILES string of the molecule is Nc1nc(-c2cc(F)c(C(F)F)cc2F)nc([O-])c1O.[K+]. The molecule has 0 aliphatic rings. The van der Waals surface area contributed by atoms with Crippen LogP contribution in [0.15, 0.2) is 12.1 Å². The maximum Gasteiger partial charge on any atom is 1.00 e. The number of hydrogen-bond donors (Lipinski definition) is 2. The molecule has 0 aliphatic heterocycles. The monoisotopic (exact) mass is 327 g/mol. The summed E-state index contributed by atoms with van der Waals surface area (Å²) in [6.07, 6.45) is -3.19. The largest absolute Gasteiger partial charge is 1.00 e. The maximum atomic E-state index is 13.7. The Hall–Kier alpha value is -0.944. The molecule has 1 heterocycles. The second-order valence-corrected chi connectivity index (χ2v) is 3.74. The number of nitrogens with zero attached hydrogens (tertiary/aromatic N) is 2. The van der Waals surface area contributed by atoms with Gasteiger partial charge in [0.2, 0.25) is 0 Å². The van der Waals surface area contributed by atoms with Crippen molar-refractivity contribution in [2.45, 2.75) is 6.43 Å². The van der Waals surface area contributed by atoms with Gasteiger partial charge < -0.3 is 15.9 Å². The molecule has 3 N–H and O–H groups in total.